The lowest BCUT2D eigenvalue weighted by molar-refractivity contribution is 0.673. The van der Waals surface area contributed by atoms with Crippen molar-refractivity contribution in [1.29, 1.82) is 0 Å². The summed E-state index contributed by atoms with van der Waals surface area (Å²) in [6.45, 7) is 8.05. The lowest BCUT2D eigenvalue weighted by Crippen LogP contribution is -2.37. The van der Waals surface area contributed by atoms with Gasteiger partial charge in [0.2, 0.25) is 0 Å². The average molecular weight is 266 g/mol. The molecule has 18 heavy (non-hydrogen) atoms. The molecule has 0 amide bonds. The summed E-state index contributed by atoms with van der Waals surface area (Å²) in [5.41, 5.74) is 3.96. The van der Waals surface area contributed by atoms with Gasteiger partial charge in [-0.3, -0.25) is 4.21 Å². The van der Waals surface area contributed by atoms with E-state index in [1.807, 2.05) is 0 Å². The normalized spacial score (nSPS) is 17.1. The van der Waals surface area contributed by atoms with Gasteiger partial charge in [0.1, 0.15) is 0 Å². The maximum Gasteiger partial charge on any atom is 0.0411 e. The smallest absolute Gasteiger partial charge is 0.0411 e. The Morgan fingerprint density at radius 1 is 1.33 bits per heavy atom. The van der Waals surface area contributed by atoms with Crippen LogP contribution in [0.4, 0.5) is 5.69 Å². The Kier molecular flexibility index (Phi) is 4.78. The molecule has 1 aromatic rings. The second-order valence-corrected chi connectivity index (χ2v) is 6.42. The van der Waals surface area contributed by atoms with Crippen LogP contribution >= 0.6 is 0 Å². The topological polar surface area (TPSA) is 32.3 Å². The highest BCUT2D eigenvalue weighted by Crippen LogP contribution is 2.20. The number of anilines is 1. The minimum Gasteiger partial charge on any atom is -0.370 e. The first-order chi connectivity index (χ1) is 8.70. The van der Waals surface area contributed by atoms with E-state index >= 15 is 0 Å². The first-order valence-electron chi connectivity index (χ1n) is 6.61. The number of rotatable bonds is 4. The molecule has 1 heterocycles. The fourth-order valence-corrected chi connectivity index (χ4v) is 3.28. The highest BCUT2D eigenvalue weighted by atomic mass is 32.2. The molecular weight excluding hydrogens is 244 g/mol. The van der Waals surface area contributed by atoms with Gasteiger partial charge in [-0.25, -0.2) is 0 Å². The van der Waals surface area contributed by atoms with Crippen LogP contribution < -0.4 is 10.2 Å². The molecule has 1 N–H and O–H groups in total. The van der Waals surface area contributed by atoms with Gasteiger partial charge in [0.05, 0.1) is 0 Å². The standard InChI is InChI=1S/C14H22N2OS/c1-3-15-11-13-4-5-14(10-12(13)2)16-6-8-18(17)9-7-16/h4-5,10,15H,3,6-9,11H2,1-2H3. The molecule has 1 fully saturated rings. The highest BCUT2D eigenvalue weighted by molar-refractivity contribution is 7.85. The van der Waals surface area contributed by atoms with Gasteiger partial charge in [-0.05, 0) is 36.7 Å². The molecule has 0 aliphatic carbocycles. The molecular formula is C14H22N2OS. The molecule has 1 aliphatic heterocycles. The Morgan fingerprint density at radius 2 is 2.06 bits per heavy atom. The van der Waals surface area contributed by atoms with Crippen LogP contribution in [0.1, 0.15) is 18.1 Å². The third kappa shape index (κ3) is 3.33. The van der Waals surface area contributed by atoms with Gasteiger partial charge < -0.3 is 10.2 Å². The van der Waals surface area contributed by atoms with Crippen molar-refractivity contribution in [3.8, 4) is 0 Å². The molecule has 4 heteroatoms. The molecule has 0 saturated carbocycles. The number of hydrogen-bond acceptors (Lipinski definition) is 3. The maximum atomic E-state index is 11.4. The average Bonchev–Trinajstić information content (AvgIpc) is 2.38. The van der Waals surface area contributed by atoms with Crippen LogP contribution in [-0.2, 0) is 17.3 Å². The van der Waals surface area contributed by atoms with Crippen molar-refractivity contribution in [2.24, 2.45) is 0 Å². The van der Waals surface area contributed by atoms with E-state index in [-0.39, 0.29) is 0 Å². The van der Waals surface area contributed by atoms with Crippen molar-refractivity contribution >= 4 is 16.5 Å². The molecule has 1 aliphatic rings. The molecule has 0 unspecified atom stereocenters. The van der Waals surface area contributed by atoms with E-state index in [0.29, 0.717) is 0 Å². The molecule has 100 valence electrons. The minimum atomic E-state index is -0.600. The number of nitrogens with zero attached hydrogens (tertiary/aromatic N) is 1. The summed E-state index contributed by atoms with van der Waals surface area (Å²) in [5.74, 6) is 1.61. The second kappa shape index (κ2) is 6.34. The Bertz CT molecular complexity index is 424. The summed E-state index contributed by atoms with van der Waals surface area (Å²) in [7, 11) is -0.600. The van der Waals surface area contributed by atoms with Crippen LogP contribution in [0.2, 0.25) is 0 Å². The quantitative estimate of drug-likeness (QED) is 0.900. The number of hydrogen-bond donors (Lipinski definition) is 1. The van der Waals surface area contributed by atoms with E-state index in [1.54, 1.807) is 0 Å². The summed E-state index contributed by atoms with van der Waals surface area (Å²) >= 11 is 0. The van der Waals surface area contributed by atoms with Gasteiger partial charge in [-0.2, -0.15) is 0 Å². The summed E-state index contributed by atoms with van der Waals surface area (Å²) < 4.78 is 11.4. The number of nitrogens with one attached hydrogen (secondary N) is 1. The van der Waals surface area contributed by atoms with E-state index < -0.39 is 10.8 Å². The predicted octanol–water partition coefficient (Wildman–Crippen LogP) is 1.67. The molecule has 2 rings (SSSR count). The first kappa shape index (κ1) is 13.6. The third-order valence-corrected chi connectivity index (χ3v) is 4.71. The monoisotopic (exact) mass is 266 g/mol. The zero-order chi connectivity index (χ0) is 13.0. The van der Waals surface area contributed by atoms with E-state index in [2.05, 4.69) is 42.3 Å². The van der Waals surface area contributed by atoms with Gasteiger partial charge >= 0.3 is 0 Å². The number of benzene rings is 1. The van der Waals surface area contributed by atoms with E-state index in [1.165, 1.54) is 16.8 Å². The zero-order valence-electron chi connectivity index (χ0n) is 11.2. The van der Waals surface area contributed by atoms with Crippen molar-refractivity contribution in [3.63, 3.8) is 0 Å². The Labute approximate surface area is 112 Å². The molecule has 1 saturated heterocycles. The SMILES string of the molecule is CCNCc1ccc(N2CCS(=O)CC2)cc1C. The largest absolute Gasteiger partial charge is 0.370 e. The van der Waals surface area contributed by atoms with Gasteiger partial charge in [0, 0.05) is 47.6 Å². The molecule has 1 aromatic carbocycles. The summed E-state index contributed by atoms with van der Waals surface area (Å²) in [5, 5.41) is 3.36. The lowest BCUT2D eigenvalue weighted by atomic mass is 10.1. The lowest BCUT2D eigenvalue weighted by Gasteiger charge is -2.29. The molecule has 3 nitrogen and oxygen atoms in total. The molecule has 0 spiro atoms. The summed E-state index contributed by atoms with van der Waals surface area (Å²) in [4.78, 5) is 2.34. The van der Waals surface area contributed by atoms with E-state index in [4.69, 9.17) is 0 Å². The third-order valence-electron chi connectivity index (χ3n) is 3.43. The maximum absolute atomic E-state index is 11.4. The fraction of sp³-hybridized carbons (Fsp3) is 0.571. The van der Waals surface area contributed by atoms with Crippen LogP contribution in [0, 0.1) is 6.92 Å². The minimum absolute atomic E-state index is 0.600. The predicted molar refractivity (Wildman–Crippen MR) is 78.6 cm³/mol. The Morgan fingerprint density at radius 3 is 2.67 bits per heavy atom. The van der Waals surface area contributed by atoms with Crippen LogP contribution in [0.5, 0.6) is 0 Å². The van der Waals surface area contributed by atoms with Crippen molar-refractivity contribution < 1.29 is 4.21 Å². The van der Waals surface area contributed by atoms with Crippen LogP contribution in [0.3, 0.4) is 0 Å². The van der Waals surface area contributed by atoms with Crippen molar-refractivity contribution in [3.05, 3.63) is 29.3 Å². The van der Waals surface area contributed by atoms with Crippen LogP contribution in [0.25, 0.3) is 0 Å². The van der Waals surface area contributed by atoms with Gasteiger partial charge in [-0.15, -0.1) is 0 Å². The number of aryl methyl sites for hydroxylation is 1. The van der Waals surface area contributed by atoms with Crippen molar-refractivity contribution in [2.45, 2.75) is 20.4 Å². The van der Waals surface area contributed by atoms with Gasteiger partial charge in [0.25, 0.3) is 0 Å². The molecule has 0 bridgehead atoms. The Balaban J connectivity index is 2.06. The zero-order valence-corrected chi connectivity index (χ0v) is 12.1. The van der Waals surface area contributed by atoms with Crippen molar-refractivity contribution in [1.82, 2.24) is 5.32 Å². The van der Waals surface area contributed by atoms with E-state index in [0.717, 1.165) is 37.7 Å². The van der Waals surface area contributed by atoms with Crippen LogP contribution in [-0.4, -0.2) is 35.3 Å². The fourth-order valence-electron chi connectivity index (χ4n) is 2.23. The van der Waals surface area contributed by atoms with Gasteiger partial charge in [-0.1, -0.05) is 13.0 Å². The Hall–Kier alpha value is -0.870. The highest BCUT2D eigenvalue weighted by Gasteiger charge is 2.15. The van der Waals surface area contributed by atoms with E-state index in [9.17, 15) is 4.21 Å². The molecule has 0 atom stereocenters. The second-order valence-electron chi connectivity index (χ2n) is 4.73. The summed E-state index contributed by atoms with van der Waals surface area (Å²) in [6.07, 6.45) is 0. The molecule has 0 aromatic heterocycles. The van der Waals surface area contributed by atoms with Gasteiger partial charge in [0.15, 0.2) is 0 Å². The van der Waals surface area contributed by atoms with Crippen LogP contribution in [0.15, 0.2) is 18.2 Å². The van der Waals surface area contributed by atoms with Crippen molar-refractivity contribution in [2.75, 3.05) is 36.0 Å². The summed E-state index contributed by atoms with van der Waals surface area (Å²) in [6, 6.07) is 6.65. The molecule has 0 radical (unpaired) electrons. The first-order valence-corrected chi connectivity index (χ1v) is 8.09.